The predicted octanol–water partition coefficient (Wildman–Crippen LogP) is 3.82. The van der Waals surface area contributed by atoms with Crippen molar-refractivity contribution in [2.24, 2.45) is 0 Å². The highest BCUT2D eigenvalue weighted by molar-refractivity contribution is 7.91. The molecule has 4 nitrogen and oxygen atoms in total. The van der Waals surface area contributed by atoms with Crippen LogP contribution in [0.2, 0.25) is 5.02 Å². The molecule has 0 saturated carbocycles. The maximum Gasteiger partial charge on any atom is 0.246 e. The van der Waals surface area contributed by atoms with Crippen molar-refractivity contribution in [1.29, 1.82) is 0 Å². The fourth-order valence-electron chi connectivity index (χ4n) is 3.14. The number of nitrogens with zero attached hydrogens (tertiary/aromatic N) is 1. The van der Waals surface area contributed by atoms with Crippen LogP contribution in [0.5, 0.6) is 0 Å². The first-order valence-corrected chi connectivity index (χ1v) is 10.5. The van der Waals surface area contributed by atoms with Gasteiger partial charge in [0.05, 0.1) is 10.6 Å². The van der Waals surface area contributed by atoms with Crippen molar-refractivity contribution in [2.75, 3.05) is 12.3 Å². The lowest BCUT2D eigenvalue weighted by atomic mass is 10.2. The summed E-state index contributed by atoms with van der Waals surface area (Å²) in [5, 5.41) is 0.571. The molecule has 1 aliphatic rings. The summed E-state index contributed by atoms with van der Waals surface area (Å²) in [4.78, 5) is 14.5. The van der Waals surface area contributed by atoms with Gasteiger partial charge in [0.1, 0.15) is 0 Å². The quantitative estimate of drug-likeness (QED) is 0.730. The summed E-state index contributed by atoms with van der Waals surface area (Å²) in [6.45, 7) is 0.570. The molecule has 0 spiro atoms. The summed E-state index contributed by atoms with van der Waals surface area (Å²) in [5.74, 6) is -0.237. The summed E-state index contributed by atoms with van der Waals surface area (Å²) in [6.07, 6.45) is 4.64. The average Bonchev–Trinajstić information content (AvgIpc) is 3.09. The van der Waals surface area contributed by atoms with Crippen molar-refractivity contribution in [2.45, 2.75) is 23.8 Å². The van der Waals surface area contributed by atoms with E-state index in [2.05, 4.69) is 0 Å². The van der Waals surface area contributed by atoms with Gasteiger partial charge in [0.25, 0.3) is 0 Å². The molecule has 1 amide bonds. The summed E-state index contributed by atoms with van der Waals surface area (Å²) < 4.78 is 25.2. The van der Waals surface area contributed by atoms with Gasteiger partial charge in [-0.05, 0) is 42.7 Å². The fourth-order valence-corrected chi connectivity index (χ4v) is 4.96. The largest absolute Gasteiger partial charge is 0.335 e. The Morgan fingerprint density at radius 2 is 1.81 bits per heavy atom. The lowest BCUT2D eigenvalue weighted by Gasteiger charge is -2.23. The Bertz CT molecular complexity index is 910. The molecule has 0 N–H and O–H groups in total. The Morgan fingerprint density at radius 3 is 2.54 bits per heavy atom. The number of amides is 1. The number of rotatable bonds is 5. The first-order chi connectivity index (χ1) is 12.5. The second-order valence-corrected chi connectivity index (χ2v) is 8.72. The molecule has 0 bridgehead atoms. The Labute approximate surface area is 159 Å². The zero-order chi connectivity index (χ0) is 18.6. The van der Waals surface area contributed by atoms with Gasteiger partial charge in [0.15, 0.2) is 9.84 Å². The van der Waals surface area contributed by atoms with Crippen molar-refractivity contribution >= 4 is 33.4 Å². The van der Waals surface area contributed by atoms with E-state index in [1.807, 2.05) is 18.2 Å². The van der Waals surface area contributed by atoms with Crippen molar-refractivity contribution in [1.82, 2.24) is 4.90 Å². The highest BCUT2D eigenvalue weighted by Gasteiger charge is 2.32. The first-order valence-electron chi connectivity index (χ1n) is 8.48. The molecule has 0 unspecified atom stereocenters. The zero-order valence-corrected chi connectivity index (χ0v) is 15.8. The maximum atomic E-state index is 12.6. The fraction of sp³-hybridized carbons (Fsp3) is 0.250. The molecule has 1 saturated heterocycles. The number of halogens is 1. The monoisotopic (exact) mass is 389 g/mol. The van der Waals surface area contributed by atoms with Gasteiger partial charge in [0.2, 0.25) is 5.91 Å². The maximum absolute atomic E-state index is 12.6. The molecule has 0 aliphatic carbocycles. The standard InChI is InChI=1S/C20H20ClNO3S/c21-19-11-5-4-7-16(19)12-13-20(23)22-14-6-8-17(22)15-26(24,25)18-9-2-1-3-10-18/h1-5,7,9-13,17H,6,8,14-15H2/b13-12+/t17-/m0/s1. The molecular weight excluding hydrogens is 370 g/mol. The third-order valence-electron chi connectivity index (χ3n) is 4.49. The van der Waals surface area contributed by atoms with Gasteiger partial charge in [-0.2, -0.15) is 0 Å². The molecule has 6 heteroatoms. The molecule has 1 aliphatic heterocycles. The van der Waals surface area contributed by atoms with E-state index in [0.29, 0.717) is 22.9 Å². The zero-order valence-electron chi connectivity index (χ0n) is 14.2. The van der Waals surface area contributed by atoms with E-state index in [4.69, 9.17) is 11.6 Å². The molecule has 1 atom stereocenters. The number of carbonyl (C=O) groups excluding carboxylic acids is 1. The van der Waals surface area contributed by atoms with Crippen molar-refractivity contribution in [3.05, 3.63) is 71.3 Å². The molecular formula is C20H20ClNO3S. The highest BCUT2D eigenvalue weighted by atomic mass is 35.5. The molecule has 0 aromatic heterocycles. The minimum Gasteiger partial charge on any atom is -0.335 e. The van der Waals surface area contributed by atoms with Crippen LogP contribution in [-0.2, 0) is 14.6 Å². The van der Waals surface area contributed by atoms with Crippen LogP contribution in [0.15, 0.2) is 65.6 Å². The molecule has 2 aromatic carbocycles. The number of sulfone groups is 1. The van der Waals surface area contributed by atoms with E-state index < -0.39 is 9.84 Å². The van der Waals surface area contributed by atoms with E-state index in [1.165, 1.54) is 6.08 Å². The van der Waals surface area contributed by atoms with Crippen LogP contribution < -0.4 is 0 Å². The summed E-state index contributed by atoms with van der Waals surface area (Å²) >= 11 is 6.10. The molecule has 1 heterocycles. The highest BCUT2D eigenvalue weighted by Crippen LogP contribution is 2.23. The van der Waals surface area contributed by atoms with Crippen molar-refractivity contribution in [3.8, 4) is 0 Å². The van der Waals surface area contributed by atoms with Crippen LogP contribution in [0.1, 0.15) is 18.4 Å². The second kappa shape index (κ2) is 8.06. The minimum absolute atomic E-state index is 0.0529. The van der Waals surface area contributed by atoms with Crippen LogP contribution in [0.4, 0.5) is 0 Å². The summed E-state index contributed by atoms with van der Waals surface area (Å²) in [5.41, 5.74) is 0.759. The SMILES string of the molecule is O=C(/C=C/c1ccccc1Cl)N1CCC[C@H]1CS(=O)(=O)c1ccccc1. The second-order valence-electron chi connectivity index (χ2n) is 6.28. The van der Waals surface area contributed by atoms with E-state index in [0.717, 1.165) is 12.0 Å². The Hall–Kier alpha value is -2.11. The van der Waals surface area contributed by atoms with Crippen LogP contribution >= 0.6 is 11.6 Å². The van der Waals surface area contributed by atoms with E-state index in [1.54, 1.807) is 47.4 Å². The number of carbonyl (C=O) groups is 1. The van der Waals surface area contributed by atoms with E-state index in [9.17, 15) is 13.2 Å². The molecule has 26 heavy (non-hydrogen) atoms. The molecule has 136 valence electrons. The smallest absolute Gasteiger partial charge is 0.246 e. The molecule has 3 rings (SSSR count). The van der Waals surface area contributed by atoms with E-state index in [-0.39, 0.29) is 17.7 Å². The summed E-state index contributed by atoms with van der Waals surface area (Å²) in [7, 11) is -3.42. The Balaban J connectivity index is 1.72. The van der Waals surface area contributed by atoms with Crippen molar-refractivity contribution in [3.63, 3.8) is 0 Å². The van der Waals surface area contributed by atoms with Gasteiger partial charge in [-0.1, -0.05) is 48.0 Å². The van der Waals surface area contributed by atoms with Gasteiger partial charge in [-0.15, -0.1) is 0 Å². The lowest BCUT2D eigenvalue weighted by Crippen LogP contribution is -2.38. The van der Waals surface area contributed by atoms with Crippen LogP contribution in [0.25, 0.3) is 6.08 Å². The van der Waals surface area contributed by atoms with E-state index >= 15 is 0 Å². The van der Waals surface area contributed by atoms with Gasteiger partial charge in [-0.3, -0.25) is 4.79 Å². The number of hydrogen-bond acceptors (Lipinski definition) is 3. The minimum atomic E-state index is -3.42. The van der Waals surface area contributed by atoms with Crippen molar-refractivity contribution < 1.29 is 13.2 Å². The van der Waals surface area contributed by atoms with Gasteiger partial charge in [-0.25, -0.2) is 8.42 Å². The van der Waals surface area contributed by atoms with Gasteiger partial charge < -0.3 is 4.90 Å². The topological polar surface area (TPSA) is 54.5 Å². The summed E-state index contributed by atoms with van der Waals surface area (Å²) in [6, 6.07) is 15.3. The average molecular weight is 390 g/mol. The first kappa shape index (κ1) is 18.7. The Kier molecular flexibility index (Phi) is 5.79. The third kappa shape index (κ3) is 4.34. The third-order valence-corrected chi connectivity index (χ3v) is 6.64. The predicted molar refractivity (Wildman–Crippen MR) is 104 cm³/mol. The number of hydrogen-bond donors (Lipinski definition) is 0. The van der Waals surface area contributed by atoms with Gasteiger partial charge in [0, 0.05) is 23.7 Å². The number of benzene rings is 2. The molecule has 1 fully saturated rings. The normalized spacial score (nSPS) is 17.7. The molecule has 2 aromatic rings. The van der Waals surface area contributed by atoms with Crippen LogP contribution in [0.3, 0.4) is 0 Å². The van der Waals surface area contributed by atoms with Crippen LogP contribution in [-0.4, -0.2) is 37.6 Å². The lowest BCUT2D eigenvalue weighted by molar-refractivity contribution is -0.126. The van der Waals surface area contributed by atoms with Crippen LogP contribution in [0, 0.1) is 0 Å². The Morgan fingerprint density at radius 1 is 1.12 bits per heavy atom. The molecule has 0 radical (unpaired) electrons. The number of likely N-dealkylation sites (tertiary alicyclic amines) is 1. The van der Waals surface area contributed by atoms with Gasteiger partial charge >= 0.3 is 0 Å².